The number of aliphatic hydroxyl groups is 2. The molecule has 1 heterocycles. The van der Waals surface area contributed by atoms with Gasteiger partial charge in [0.05, 0.1) is 10.5 Å². The number of ether oxygens (including phenoxy) is 1. The van der Waals surface area contributed by atoms with Crippen LogP contribution in [0.15, 0.2) is 54.6 Å². The number of aliphatic hydroxyl groups excluding tert-OH is 1. The number of hydrogen-bond donors (Lipinski definition) is 2. The summed E-state index contributed by atoms with van der Waals surface area (Å²) in [7, 11) is 0. The van der Waals surface area contributed by atoms with Gasteiger partial charge in [-0.2, -0.15) is 0 Å². The van der Waals surface area contributed by atoms with Crippen molar-refractivity contribution in [1.29, 1.82) is 0 Å². The molecule has 0 saturated carbocycles. The van der Waals surface area contributed by atoms with Gasteiger partial charge in [-0.25, -0.2) is 0 Å². The van der Waals surface area contributed by atoms with Crippen molar-refractivity contribution in [3.8, 4) is 5.75 Å². The number of piperidine rings is 1. The highest BCUT2D eigenvalue weighted by Crippen LogP contribution is 2.26. The summed E-state index contributed by atoms with van der Waals surface area (Å²) in [4.78, 5) is 12.3. The van der Waals surface area contributed by atoms with Crippen LogP contribution in [0.4, 0.5) is 5.69 Å². The van der Waals surface area contributed by atoms with Crippen LogP contribution in [0.1, 0.15) is 18.4 Å². The Bertz CT molecular complexity index is 758. The molecule has 3 rings (SSSR count). The molecule has 0 bridgehead atoms. The second kappa shape index (κ2) is 9.14. The maximum Gasteiger partial charge on any atom is 0.269 e. The van der Waals surface area contributed by atoms with E-state index in [1.54, 1.807) is 0 Å². The van der Waals surface area contributed by atoms with E-state index in [2.05, 4.69) is 4.90 Å². The molecule has 150 valence electrons. The highest BCUT2D eigenvalue weighted by Gasteiger charge is 2.32. The Hall–Kier alpha value is -2.48. The molecular formula is C21H26N2O5. The normalized spacial score (nSPS) is 17.8. The van der Waals surface area contributed by atoms with E-state index < -0.39 is 16.6 Å². The van der Waals surface area contributed by atoms with Crippen molar-refractivity contribution < 1.29 is 19.9 Å². The second-order valence-corrected chi connectivity index (χ2v) is 7.40. The molecule has 1 saturated heterocycles. The zero-order valence-electron chi connectivity index (χ0n) is 15.7. The topological polar surface area (TPSA) is 96.1 Å². The summed E-state index contributed by atoms with van der Waals surface area (Å²) in [6, 6.07) is 15.8. The molecule has 0 aliphatic carbocycles. The fourth-order valence-electron chi connectivity index (χ4n) is 3.51. The summed E-state index contributed by atoms with van der Waals surface area (Å²) in [6.07, 6.45) is 1.30. The highest BCUT2D eigenvalue weighted by atomic mass is 16.6. The Morgan fingerprint density at radius 1 is 1.11 bits per heavy atom. The number of β-amino-alcohol motifs (C(OH)–C–C–N with tert-alkyl or cyclic N) is 1. The lowest BCUT2D eigenvalue weighted by atomic mass is 9.85. The van der Waals surface area contributed by atoms with Crippen LogP contribution >= 0.6 is 0 Å². The van der Waals surface area contributed by atoms with Gasteiger partial charge in [0.15, 0.2) is 0 Å². The van der Waals surface area contributed by atoms with Crippen molar-refractivity contribution in [2.75, 3.05) is 26.2 Å². The van der Waals surface area contributed by atoms with Crippen molar-refractivity contribution in [2.45, 2.75) is 31.0 Å². The molecule has 0 radical (unpaired) electrons. The molecular weight excluding hydrogens is 360 g/mol. The Labute approximate surface area is 164 Å². The van der Waals surface area contributed by atoms with E-state index in [1.165, 1.54) is 24.3 Å². The van der Waals surface area contributed by atoms with Gasteiger partial charge in [-0.15, -0.1) is 0 Å². The lowest BCUT2D eigenvalue weighted by Gasteiger charge is -2.39. The Morgan fingerprint density at radius 2 is 1.75 bits per heavy atom. The molecule has 7 nitrogen and oxygen atoms in total. The predicted octanol–water partition coefficient (Wildman–Crippen LogP) is 2.40. The average Bonchev–Trinajstić information content (AvgIpc) is 2.69. The molecule has 1 unspecified atom stereocenters. The average molecular weight is 386 g/mol. The predicted molar refractivity (Wildman–Crippen MR) is 105 cm³/mol. The van der Waals surface area contributed by atoms with E-state index in [9.17, 15) is 20.3 Å². The maximum absolute atomic E-state index is 10.8. The van der Waals surface area contributed by atoms with E-state index in [0.29, 0.717) is 31.6 Å². The van der Waals surface area contributed by atoms with Crippen LogP contribution < -0.4 is 4.74 Å². The van der Waals surface area contributed by atoms with Crippen LogP contribution in [0, 0.1) is 10.1 Å². The number of benzene rings is 2. The lowest BCUT2D eigenvalue weighted by Crippen LogP contribution is -2.48. The minimum Gasteiger partial charge on any atom is -0.491 e. The molecule has 1 aliphatic rings. The number of non-ortho nitro benzene ring substituents is 1. The second-order valence-electron chi connectivity index (χ2n) is 7.40. The SMILES string of the molecule is O=[N+]([O-])c1ccc(OCC(O)CN2CCC(O)(Cc3ccccc3)CC2)cc1. The first kappa shape index (κ1) is 20.3. The van der Waals surface area contributed by atoms with Crippen molar-refractivity contribution >= 4 is 5.69 Å². The molecule has 0 aromatic heterocycles. The third-order valence-corrected chi connectivity index (χ3v) is 5.12. The minimum absolute atomic E-state index is 0.00389. The van der Waals surface area contributed by atoms with Crippen LogP contribution in [0.3, 0.4) is 0 Å². The van der Waals surface area contributed by atoms with Crippen LogP contribution in [0.2, 0.25) is 0 Å². The number of rotatable bonds is 8. The van der Waals surface area contributed by atoms with Crippen LogP contribution in [0.5, 0.6) is 5.75 Å². The van der Waals surface area contributed by atoms with Gasteiger partial charge in [0.25, 0.3) is 5.69 Å². The van der Waals surface area contributed by atoms with Crippen LogP contribution in [0.25, 0.3) is 0 Å². The fourth-order valence-corrected chi connectivity index (χ4v) is 3.51. The third kappa shape index (κ3) is 5.76. The minimum atomic E-state index is -0.696. The van der Waals surface area contributed by atoms with E-state index in [0.717, 1.165) is 18.7 Å². The largest absolute Gasteiger partial charge is 0.491 e. The third-order valence-electron chi connectivity index (χ3n) is 5.12. The summed E-state index contributed by atoms with van der Waals surface area (Å²) in [5.41, 5.74) is 0.442. The summed E-state index contributed by atoms with van der Waals surface area (Å²) >= 11 is 0. The van der Waals surface area contributed by atoms with Gasteiger partial charge in [-0.3, -0.25) is 10.1 Å². The number of nitro benzene ring substituents is 1. The molecule has 2 aromatic carbocycles. The number of hydrogen-bond acceptors (Lipinski definition) is 6. The highest BCUT2D eigenvalue weighted by molar-refractivity contribution is 5.35. The summed E-state index contributed by atoms with van der Waals surface area (Å²) in [5.74, 6) is 0.487. The van der Waals surface area contributed by atoms with E-state index in [-0.39, 0.29) is 12.3 Å². The molecule has 1 atom stereocenters. The summed E-state index contributed by atoms with van der Waals surface area (Å²) in [5, 5.41) is 31.7. The number of nitro groups is 1. The molecule has 0 amide bonds. The molecule has 2 aromatic rings. The molecule has 0 spiro atoms. The Morgan fingerprint density at radius 3 is 2.36 bits per heavy atom. The van der Waals surface area contributed by atoms with Gasteiger partial charge in [0.2, 0.25) is 0 Å². The van der Waals surface area contributed by atoms with Gasteiger partial charge < -0.3 is 19.8 Å². The number of likely N-dealkylation sites (tertiary alicyclic amines) is 1. The van der Waals surface area contributed by atoms with Gasteiger partial charge in [0.1, 0.15) is 18.5 Å². The molecule has 1 aliphatic heterocycles. The van der Waals surface area contributed by atoms with Crippen molar-refractivity contribution in [3.05, 3.63) is 70.3 Å². The van der Waals surface area contributed by atoms with Gasteiger partial charge in [-0.1, -0.05) is 30.3 Å². The fraction of sp³-hybridized carbons (Fsp3) is 0.429. The van der Waals surface area contributed by atoms with E-state index >= 15 is 0 Å². The van der Waals surface area contributed by atoms with Crippen LogP contribution in [-0.2, 0) is 6.42 Å². The first-order chi connectivity index (χ1) is 13.4. The zero-order valence-corrected chi connectivity index (χ0v) is 15.7. The summed E-state index contributed by atoms with van der Waals surface area (Å²) < 4.78 is 5.52. The molecule has 7 heteroatoms. The lowest BCUT2D eigenvalue weighted by molar-refractivity contribution is -0.384. The Kier molecular flexibility index (Phi) is 6.61. The molecule has 28 heavy (non-hydrogen) atoms. The smallest absolute Gasteiger partial charge is 0.269 e. The molecule has 1 fully saturated rings. The van der Waals surface area contributed by atoms with E-state index in [4.69, 9.17) is 4.74 Å². The molecule has 2 N–H and O–H groups in total. The van der Waals surface area contributed by atoms with Gasteiger partial charge in [0, 0.05) is 38.2 Å². The van der Waals surface area contributed by atoms with Crippen molar-refractivity contribution in [1.82, 2.24) is 4.90 Å². The zero-order chi connectivity index (χ0) is 20.0. The van der Waals surface area contributed by atoms with Crippen LogP contribution in [-0.4, -0.2) is 58.0 Å². The maximum atomic E-state index is 10.8. The first-order valence-electron chi connectivity index (χ1n) is 9.47. The van der Waals surface area contributed by atoms with E-state index in [1.807, 2.05) is 30.3 Å². The monoisotopic (exact) mass is 386 g/mol. The van der Waals surface area contributed by atoms with Gasteiger partial charge in [-0.05, 0) is 30.5 Å². The quantitative estimate of drug-likeness (QED) is 0.534. The Balaban J connectivity index is 1.41. The first-order valence-corrected chi connectivity index (χ1v) is 9.47. The standard InChI is InChI=1S/C21H26N2O5/c24-19(16-28-20-8-6-18(7-9-20)23(26)27)15-22-12-10-21(25,11-13-22)14-17-4-2-1-3-5-17/h1-9,19,24-25H,10-16H2. The summed E-state index contributed by atoms with van der Waals surface area (Å²) in [6.45, 7) is 2.02. The van der Waals surface area contributed by atoms with Crippen molar-refractivity contribution in [2.24, 2.45) is 0 Å². The van der Waals surface area contributed by atoms with Gasteiger partial charge >= 0.3 is 0 Å². The van der Waals surface area contributed by atoms with Crippen molar-refractivity contribution in [3.63, 3.8) is 0 Å². The number of nitrogens with zero attached hydrogens (tertiary/aromatic N) is 2.